The van der Waals surface area contributed by atoms with Crippen molar-refractivity contribution in [3.63, 3.8) is 0 Å². The number of aliphatic hydroxyl groups is 1. The van der Waals surface area contributed by atoms with Crippen molar-refractivity contribution in [2.45, 2.75) is 37.3 Å². The van der Waals surface area contributed by atoms with Gasteiger partial charge in [-0.05, 0) is 6.42 Å². The molecule has 3 unspecified atom stereocenters. The summed E-state index contributed by atoms with van der Waals surface area (Å²) in [6.07, 6.45) is 1.16. The van der Waals surface area contributed by atoms with Gasteiger partial charge < -0.3 is 9.84 Å². The van der Waals surface area contributed by atoms with Crippen molar-refractivity contribution in [1.82, 2.24) is 0 Å². The van der Waals surface area contributed by atoms with Gasteiger partial charge in [0, 0.05) is 12.8 Å². The molecular formula is C6H9O3. The van der Waals surface area contributed by atoms with Crippen LogP contribution in [0.4, 0.5) is 0 Å². The molecule has 3 nitrogen and oxygen atoms in total. The highest BCUT2D eigenvalue weighted by Crippen LogP contribution is 2.41. The van der Waals surface area contributed by atoms with E-state index in [9.17, 15) is 5.11 Å². The van der Waals surface area contributed by atoms with Crippen LogP contribution in [-0.2, 0) is 9.84 Å². The topological polar surface area (TPSA) is 49.4 Å². The molecule has 2 rings (SSSR count). The predicted molar refractivity (Wildman–Crippen MR) is 28.1 cm³/mol. The number of ether oxygens (including phenoxy) is 1. The molecule has 0 spiro atoms. The molecule has 0 aromatic carbocycles. The van der Waals surface area contributed by atoms with Gasteiger partial charge in [0.05, 0.1) is 6.10 Å². The van der Waals surface area contributed by atoms with Crippen molar-refractivity contribution in [2.24, 2.45) is 0 Å². The Morgan fingerprint density at radius 2 is 2.44 bits per heavy atom. The van der Waals surface area contributed by atoms with Crippen LogP contribution in [0.5, 0.6) is 0 Å². The maximum atomic E-state index is 11.2. The minimum absolute atomic E-state index is 0.0532. The summed E-state index contributed by atoms with van der Waals surface area (Å²) in [5, 5.41) is 20.2. The fraction of sp³-hybridized carbons (Fsp3) is 1.00. The Kier molecular flexibility index (Phi) is 0.928. The van der Waals surface area contributed by atoms with E-state index >= 15 is 0 Å². The Hall–Kier alpha value is -0.120. The molecule has 0 aliphatic carbocycles. The van der Waals surface area contributed by atoms with E-state index in [2.05, 4.69) is 0 Å². The maximum Gasteiger partial charge on any atom is 0.228 e. The van der Waals surface area contributed by atoms with E-state index in [1.54, 1.807) is 0 Å². The first kappa shape index (κ1) is 5.65. The Balaban J connectivity index is 2.22. The Labute approximate surface area is 53.3 Å². The average Bonchev–Trinajstić information content (AvgIpc) is 2.22. The van der Waals surface area contributed by atoms with Crippen LogP contribution in [0.25, 0.3) is 0 Å². The van der Waals surface area contributed by atoms with Gasteiger partial charge in [-0.25, -0.2) is 0 Å². The highest BCUT2D eigenvalue weighted by atomic mass is 16.7. The standard InChI is InChI=1S/C6H9O3/c7-5-3-4-1-2-6(5,8)9-4/h4-5,7H,1-3H2. The van der Waals surface area contributed by atoms with E-state index in [0.717, 1.165) is 6.42 Å². The molecule has 1 radical (unpaired) electrons. The van der Waals surface area contributed by atoms with Gasteiger partial charge in [-0.3, -0.25) is 0 Å². The molecule has 51 valence electrons. The molecule has 3 atom stereocenters. The summed E-state index contributed by atoms with van der Waals surface area (Å²) in [4.78, 5) is 0. The number of hydrogen-bond acceptors (Lipinski definition) is 2. The van der Waals surface area contributed by atoms with Gasteiger partial charge in [-0.1, -0.05) is 0 Å². The van der Waals surface area contributed by atoms with Crippen LogP contribution in [0.15, 0.2) is 0 Å². The number of aliphatic hydroxyl groups excluding tert-OH is 1. The molecule has 0 aromatic heterocycles. The molecular weight excluding hydrogens is 120 g/mol. The fourth-order valence-electron chi connectivity index (χ4n) is 1.60. The summed E-state index contributed by atoms with van der Waals surface area (Å²) in [6.45, 7) is 0. The van der Waals surface area contributed by atoms with Crippen LogP contribution in [0.3, 0.4) is 0 Å². The minimum Gasteiger partial charge on any atom is -0.387 e. The predicted octanol–water partition coefficient (Wildman–Crippen LogP) is 0.0568. The zero-order chi connectivity index (χ0) is 6.48. The molecule has 9 heavy (non-hydrogen) atoms. The van der Waals surface area contributed by atoms with Crippen LogP contribution in [-0.4, -0.2) is 23.1 Å². The van der Waals surface area contributed by atoms with Crippen LogP contribution in [0.1, 0.15) is 19.3 Å². The van der Waals surface area contributed by atoms with Crippen molar-refractivity contribution >= 4 is 0 Å². The number of fused-ring (bicyclic) bond motifs is 2. The van der Waals surface area contributed by atoms with Crippen molar-refractivity contribution in [3.8, 4) is 0 Å². The molecule has 2 fully saturated rings. The van der Waals surface area contributed by atoms with Gasteiger partial charge in [0.25, 0.3) is 0 Å². The molecule has 2 aliphatic rings. The lowest BCUT2D eigenvalue weighted by atomic mass is 9.95. The largest absolute Gasteiger partial charge is 0.387 e. The zero-order valence-corrected chi connectivity index (χ0v) is 5.04. The fourth-order valence-corrected chi connectivity index (χ4v) is 1.60. The van der Waals surface area contributed by atoms with Crippen molar-refractivity contribution in [3.05, 3.63) is 0 Å². The monoisotopic (exact) mass is 129 g/mol. The SMILES string of the molecule is [O]C12CCC(CC1O)O2. The lowest BCUT2D eigenvalue weighted by Gasteiger charge is -2.18. The smallest absolute Gasteiger partial charge is 0.228 e. The molecule has 2 bridgehead atoms. The molecule has 2 heterocycles. The highest BCUT2D eigenvalue weighted by molar-refractivity contribution is 4.94. The second-order valence-corrected chi connectivity index (χ2v) is 2.84. The third-order valence-electron chi connectivity index (χ3n) is 2.17. The van der Waals surface area contributed by atoms with Crippen molar-refractivity contribution < 1.29 is 14.9 Å². The average molecular weight is 129 g/mol. The highest BCUT2D eigenvalue weighted by Gasteiger charge is 2.53. The molecule has 2 saturated heterocycles. The van der Waals surface area contributed by atoms with E-state index in [1.807, 2.05) is 0 Å². The van der Waals surface area contributed by atoms with Gasteiger partial charge >= 0.3 is 0 Å². The van der Waals surface area contributed by atoms with E-state index in [4.69, 9.17) is 9.84 Å². The van der Waals surface area contributed by atoms with Crippen LogP contribution in [0.2, 0.25) is 0 Å². The summed E-state index contributed by atoms with van der Waals surface area (Å²) >= 11 is 0. The van der Waals surface area contributed by atoms with Crippen LogP contribution < -0.4 is 0 Å². The van der Waals surface area contributed by atoms with E-state index in [-0.39, 0.29) is 6.10 Å². The van der Waals surface area contributed by atoms with Gasteiger partial charge in [0.1, 0.15) is 6.10 Å². The Morgan fingerprint density at radius 3 is 2.67 bits per heavy atom. The first-order valence-corrected chi connectivity index (χ1v) is 3.27. The quantitative estimate of drug-likeness (QED) is 0.502. The third kappa shape index (κ3) is 0.625. The number of rotatable bonds is 0. The minimum atomic E-state index is -1.43. The van der Waals surface area contributed by atoms with Crippen LogP contribution in [0, 0.1) is 0 Å². The summed E-state index contributed by atoms with van der Waals surface area (Å²) in [5.74, 6) is -1.43. The van der Waals surface area contributed by atoms with Crippen molar-refractivity contribution in [2.75, 3.05) is 0 Å². The zero-order valence-electron chi connectivity index (χ0n) is 5.04. The van der Waals surface area contributed by atoms with Gasteiger partial charge in [0.15, 0.2) is 0 Å². The summed E-state index contributed by atoms with van der Waals surface area (Å²) < 4.78 is 4.97. The van der Waals surface area contributed by atoms with Gasteiger partial charge in [-0.2, -0.15) is 5.11 Å². The molecule has 0 saturated carbocycles. The summed E-state index contributed by atoms with van der Waals surface area (Å²) in [7, 11) is 0. The second kappa shape index (κ2) is 1.48. The molecule has 0 amide bonds. The molecule has 3 heteroatoms. The van der Waals surface area contributed by atoms with Gasteiger partial charge in [-0.15, -0.1) is 0 Å². The second-order valence-electron chi connectivity index (χ2n) is 2.84. The normalized spacial score (nSPS) is 56.7. The summed E-state index contributed by atoms with van der Waals surface area (Å²) in [5.41, 5.74) is 0. The van der Waals surface area contributed by atoms with E-state index in [0.29, 0.717) is 12.8 Å². The molecule has 1 N–H and O–H groups in total. The van der Waals surface area contributed by atoms with E-state index < -0.39 is 11.9 Å². The van der Waals surface area contributed by atoms with E-state index in [1.165, 1.54) is 0 Å². The Bertz CT molecular complexity index is 136. The maximum absolute atomic E-state index is 11.2. The first-order chi connectivity index (χ1) is 4.21. The molecule has 2 aliphatic heterocycles. The van der Waals surface area contributed by atoms with Crippen molar-refractivity contribution in [1.29, 1.82) is 0 Å². The lowest BCUT2D eigenvalue weighted by molar-refractivity contribution is -0.237. The lowest BCUT2D eigenvalue weighted by Crippen LogP contribution is -2.36. The first-order valence-electron chi connectivity index (χ1n) is 3.27. The Morgan fingerprint density at radius 1 is 1.67 bits per heavy atom. The van der Waals surface area contributed by atoms with Gasteiger partial charge in [0.2, 0.25) is 5.79 Å². The third-order valence-corrected chi connectivity index (χ3v) is 2.17. The summed E-state index contributed by atoms with van der Waals surface area (Å²) in [6, 6.07) is 0. The molecule has 0 aromatic rings. The number of hydrogen-bond donors (Lipinski definition) is 1. The van der Waals surface area contributed by atoms with Crippen LogP contribution >= 0.6 is 0 Å².